The van der Waals surface area contributed by atoms with E-state index in [1.165, 1.54) is 0 Å². The van der Waals surface area contributed by atoms with E-state index >= 15 is 0 Å². The standard InChI is InChI=1S/C10H10O2.C2H6/c1-2-4-8-5-3-6-9(7-11)10(8)12;1-2/h2-3,5-7,12H,1,4H2;1-2H3. The zero-order valence-electron chi connectivity index (χ0n) is 8.66. The van der Waals surface area contributed by atoms with Crippen molar-refractivity contribution in [3.8, 4) is 5.75 Å². The number of allylic oxidation sites excluding steroid dienone is 1. The van der Waals surface area contributed by atoms with Crippen LogP contribution < -0.4 is 0 Å². The molecule has 0 aromatic heterocycles. The number of phenolic OH excluding ortho intramolecular Hbond substituents is 1. The van der Waals surface area contributed by atoms with Crippen LogP contribution in [0.5, 0.6) is 5.75 Å². The maximum Gasteiger partial charge on any atom is 0.153 e. The van der Waals surface area contributed by atoms with E-state index in [2.05, 4.69) is 6.58 Å². The van der Waals surface area contributed by atoms with Crippen LogP contribution in [-0.4, -0.2) is 11.4 Å². The van der Waals surface area contributed by atoms with E-state index in [9.17, 15) is 9.90 Å². The van der Waals surface area contributed by atoms with Crippen molar-refractivity contribution in [2.24, 2.45) is 0 Å². The summed E-state index contributed by atoms with van der Waals surface area (Å²) < 4.78 is 0. The molecule has 0 heterocycles. The van der Waals surface area contributed by atoms with Crippen LogP contribution in [0.3, 0.4) is 0 Å². The monoisotopic (exact) mass is 192 g/mol. The predicted molar refractivity (Wildman–Crippen MR) is 58.7 cm³/mol. The fourth-order valence-corrected chi connectivity index (χ4v) is 1.03. The number of aromatic hydroxyl groups is 1. The fraction of sp³-hybridized carbons (Fsp3) is 0.250. The highest BCUT2D eigenvalue weighted by atomic mass is 16.3. The summed E-state index contributed by atoms with van der Waals surface area (Å²) in [4.78, 5) is 10.4. The average molecular weight is 192 g/mol. The van der Waals surface area contributed by atoms with Gasteiger partial charge >= 0.3 is 0 Å². The lowest BCUT2D eigenvalue weighted by molar-refractivity contribution is 0.112. The van der Waals surface area contributed by atoms with Gasteiger partial charge in [-0.05, 0) is 18.1 Å². The lowest BCUT2D eigenvalue weighted by Crippen LogP contribution is -1.87. The van der Waals surface area contributed by atoms with Crippen molar-refractivity contribution in [3.63, 3.8) is 0 Å². The number of benzene rings is 1. The maximum absolute atomic E-state index is 10.4. The molecule has 0 spiro atoms. The summed E-state index contributed by atoms with van der Waals surface area (Å²) in [5, 5.41) is 9.44. The van der Waals surface area contributed by atoms with Crippen molar-refractivity contribution in [2.75, 3.05) is 0 Å². The highest BCUT2D eigenvalue weighted by molar-refractivity contribution is 5.79. The first-order valence-electron chi connectivity index (χ1n) is 4.66. The molecular weight excluding hydrogens is 176 g/mol. The van der Waals surface area contributed by atoms with Crippen LogP contribution in [0, 0.1) is 0 Å². The molecule has 0 radical (unpaired) electrons. The van der Waals surface area contributed by atoms with Gasteiger partial charge in [0, 0.05) is 0 Å². The Morgan fingerprint density at radius 2 is 2.07 bits per heavy atom. The van der Waals surface area contributed by atoms with Crippen molar-refractivity contribution in [3.05, 3.63) is 42.0 Å². The van der Waals surface area contributed by atoms with Gasteiger partial charge in [0.05, 0.1) is 5.56 Å². The quantitative estimate of drug-likeness (QED) is 0.590. The van der Waals surface area contributed by atoms with Crippen LogP contribution in [0.2, 0.25) is 0 Å². The topological polar surface area (TPSA) is 37.3 Å². The summed E-state index contributed by atoms with van der Waals surface area (Å²) in [6, 6.07) is 5.08. The summed E-state index contributed by atoms with van der Waals surface area (Å²) in [6.07, 6.45) is 2.90. The third kappa shape index (κ3) is 3.05. The third-order valence-electron chi connectivity index (χ3n) is 1.64. The van der Waals surface area contributed by atoms with Gasteiger partial charge in [-0.15, -0.1) is 6.58 Å². The van der Waals surface area contributed by atoms with Crippen molar-refractivity contribution in [2.45, 2.75) is 20.3 Å². The van der Waals surface area contributed by atoms with Gasteiger partial charge in [0.25, 0.3) is 0 Å². The van der Waals surface area contributed by atoms with Crippen LogP contribution in [0.4, 0.5) is 0 Å². The molecule has 14 heavy (non-hydrogen) atoms. The minimum atomic E-state index is 0.0624. The number of carbonyl (C=O) groups is 1. The van der Waals surface area contributed by atoms with E-state index in [0.29, 0.717) is 18.3 Å². The molecule has 0 saturated heterocycles. The average Bonchev–Trinajstić information content (AvgIpc) is 2.24. The molecule has 0 bridgehead atoms. The van der Waals surface area contributed by atoms with E-state index in [4.69, 9.17) is 0 Å². The molecule has 0 aliphatic rings. The molecule has 2 nitrogen and oxygen atoms in total. The summed E-state index contributed by atoms with van der Waals surface area (Å²) in [5.41, 5.74) is 1.06. The molecule has 0 aliphatic carbocycles. The number of rotatable bonds is 3. The molecule has 2 heteroatoms. The lowest BCUT2D eigenvalue weighted by atomic mass is 10.1. The number of phenols is 1. The van der Waals surface area contributed by atoms with Crippen LogP contribution in [0.15, 0.2) is 30.9 Å². The van der Waals surface area contributed by atoms with Gasteiger partial charge in [0.2, 0.25) is 0 Å². The van der Waals surface area contributed by atoms with E-state index < -0.39 is 0 Å². The first kappa shape index (κ1) is 12.4. The Hall–Kier alpha value is -1.57. The molecule has 1 aromatic carbocycles. The molecule has 76 valence electrons. The van der Waals surface area contributed by atoms with E-state index in [1.807, 2.05) is 13.8 Å². The third-order valence-corrected chi connectivity index (χ3v) is 1.64. The molecule has 1 aromatic rings. The number of para-hydroxylation sites is 1. The van der Waals surface area contributed by atoms with Gasteiger partial charge in [-0.25, -0.2) is 0 Å². The Balaban J connectivity index is 0.000000791. The van der Waals surface area contributed by atoms with Crippen LogP contribution in [0.1, 0.15) is 29.8 Å². The summed E-state index contributed by atoms with van der Waals surface area (Å²) >= 11 is 0. The minimum Gasteiger partial charge on any atom is -0.507 e. The van der Waals surface area contributed by atoms with Gasteiger partial charge in [-0.1, -0.05) is 32.1 Å². The molecule has 0 unspecified atom stereocenters. The Bertz CT molecular complexity index is 303. The first-order valence-corrected chi connectivity index (χ1v) is 4.66. The second kappa shape index (κ2) is 6.89. The Morgan fingerprint density at radius 3 is 2.57 bits per heavy atom. The predicted octanol–water partition coefficient (Wildman–Crippen LogP) is 2.96. The zero-order chi connectivity index (χ0) is 11.0. The summed E-state index contributed by atoms with van der Waals surface area (Å²) in [7, 11) is 0. The van der Waals surface area contributed by atoms with Crippen LogP contribution >= 0.6 is 0 Å². The van der Waals surface area contributed by atoms with E-state index in [-0.39, 0.29) is 5.75 Å². The molecule has 0 saturated carbocycles. The Labute approximate surface area is 84.9 Å². The molecule has 1 rings (SSSR count). The second-order valence-corrected chi connectivity index (χ2v) is 2.47. The van der Waals surface area contributed by atoms with Gasteiger partial charge in [-0.3, -0.25) is 4.79 Å². The van der Waals surface area contributed by atoms with E-state index in [1.54, 1.807) is 24.3 Å². The molecule has 0 atom stereocenters. The minimum absolute atomic E-state index is 0.0624. The second-order valence-electron chi connectivity index (χ2n) is 2.47. The van der Waals surface area contributed by atoms with Crippen molar-refractivity contribution in [1.82, 2.24) is 0 Å². The summed E-state index contributed by atoms with van der Waals surface area (Å²) in [5.74, 6) is 0.0624. The number of carbonyl (C=O) groups excluding carboxylic acids is 1. The summed E-state index contributed by atoms with van der Waals surface area (Å²) in [6.45, 7) is 7.55. The Morgan fingerprint density at radius 1 is 1.43 bits per heavy atom. The van der Waals surface area contributed by atoms with Gasteiger partial charge in [0.1, 0.15) is 5.75 Å². The van der Waals surface area contributed by atoms with Crippen molar-refractivity contribution < 1.29 is 9.90 Å². The normalized spacial score (nSPS) is 8.43. The first-order chi connectivity index (χ1) is 6.79. The maximum atomic E-state index is 10.4. The highest BCUT2D eigenvalue weighted by Crippen LogP contribution is 2.21. The largest absolute Gasteiger partial charge is 0.507 e. The molecule has 0 fully saturated rings. The van der Waals surface area contributed by atoms with Crippen LogP contribution in [0.25, 0.3) is 0 Å². The zero-order valence-corrected chi connectivity index (χ0v) is 8.66. The van der Waals surface area contributed by atoms with Crippen molar-refractivity contribution in [1.29, 1.82) is 0 Å². The molecular formula is C12H16O2. The number of hydrogen-bond donors (Lipinski definition) is 1. The van der Waals surface area contributed by atoms with E-state index in [0.717, 1.165) is 5.56 Å². The smallest absolute Gasteiger partial charge is 0.153 e. The number of aldehydes is 1. The molecule has 1 N–H and O–H groups in total. The highest BCUT2D eigenvalue weighted by Gasteiger charge is 2.03. The molecule has 0 aliphatic heterocycles. The van der Waals surface area contributed by atoms with Gasteiger partial charge in [-0.2, -0.15) is 0 Å². The molecule has 0 amide bonds. The van der Waals surface area contributed by atoms with Gasteiger partial charge < -0.3 is 5.11 Å². The lowest BCUT2D eigenvalue weighted by Gasteiger charge is -2.02. The van der Waals surface area contributed by atoms with Gasteiger partial charge in [0.15, 0.2) is 6.29 Å². The fourth-order valence-electron chi connectivity index (χ4n) is 1.03. The Kier molecular flexibility index (Phi) is 6.12. The SMILES string of the molecule is C=CCc1cccc(C=O)c1O.CC. The van der Waals surface area contributed by atoms with Crippen molar-refractivity contribution >= 4 is 6.29 Å². The number of hydrogen-bond acceptors (Lipinski definition) is 2. The van der Waals surface area contributed by atoms with Crippen LogP contribution in [-0.2, 0) is 6.42 Å².